The van der Waals surface area contributed by atoms with Crippen LogP contribution in [0.1, 0.15) is 42.3 Å². The van der Waals surface area contributed by atoms with Crippen LogP contribution in [0.3, 0.4) is 0 Å². The van der Waals surface area contributed by atoms with Crippen molar-refractivity contribution in [3.63, 3.8) is 0 Å². The summed E-state index contributed by atoms with van der Waals surface area (Å²) in [6.45, 7) is 7.59. The van der Waals surface area contributed by atoms with Gasteiger partial charge in [0.1, 0.15) is 38.8 Å². The Labute approximate surface area is 231 Å². The number of fused-ring (bicyclic) bond motifs is 1. The Bertz CT molecular complexity index is 1610. The van der Waals surface area contributed by atoms with Crippen molar-refractivity contribution in [1.29, 1.82) is 0 Å². The maximum atomic E-state index is 15.0. The zero-order valence-electron chi connectivity index (χ0n) is 22.3. The maximum Gasteiger partial charge on any atom is 0.255 e. The molecule has 0 bridgehead atoms. The lowest BCUT2D eigenvalue weighted by atomic mass is 9.73. The van der Waals surface area contributed by atoms with Crippen molar-refractivity contribution in [3.8, 4) is 11.5 Å². The molecular weight excluding hydrogens is 518 g/mol. The van der Waals surface area contributed by atoms with E-state index in [-0.39, 0.29) is 39.9 Å². The Hall–Kier alpha value is -4.25. The quantitative estimate of drug-likeness (QED) is 0.243. The molecule has 3 N–H and O–H groups in total. The van der Waals surface area contributed by atoms with Crippen molar-refractivity contribution in [2.45, 2.75) is 45.2 Å². The van der Waals surface area contributed by atoms with Gasteiger partial charge in [0.05, 0.1) is 34.9 Å². The zero-order valence-corrected chi connectivity index (χ0v) is 22.3. The molecule has 2 heterocycles. The first kappa shape index (κ1) is 28.8. The summed E-state index contributed by atoms with van der Waals surface area (Å²) in [6, 6.07) is 6.25. The van der Waals surface area contributed by atoms with Crippen LogP contribution < -0.4 is 15.4 Å². The highest BCUT2D eigenvalue weighted by Crippen LogP contribution is 2.33. The molecule has 0 saturated heterocycles. The highest BCUT2D eigenvalue weighted by Gasteiger charge is 2.22. The number of aliphatic hydroxyl groups is 1. The molecule has 9 nitrogen and oxygen atoms in total. The molecule has 4 aromatic rings. The summed E-state index contributed by atoms with van der Waals surface area (Å²) in [6.07, 6.45) is 4.36. The van der Waals surface area contributed by atoms with E-state index in [9.17, 15) is 19.1 Å². The Morgan fingerprint density at radius 3 is 2.48 bits per heavy atom. The van der Waals surface area contributed by atoms with Crippen LogP contribution in [0.2, 0.25) is 0 Å². The number of hydrogen-bond acceptors (Lipinski definition) is 6. The number of ether oxygens (including phenoxy) is 1. The SMILES string of the molecule is [B]C([B])(O)NC(=O)c1cc2c(Oc3cc(F)c(CC(=O)Nc4cnn(C(C)(C)C)c4)cc3C)ccnc2cc1F. The molecule has 0 aliphatic carbocycles. The molecular formula is C27H25B2F2N5O4. The summed E-state index contributed by atoms with van der Waals surface area (Å²) in [5, 5.41) is 18.5. The van der Waals surface area contributed by atoms with Gasteiger partial charge < -0.3 is 20.5 Å². The monoisotopic (exact) mass is 543 g/mol. The number of nitrogens with zero attached hydrogens (tertiary/aromatic N) is 3. The summed E-state index contributed by atoms with van der Waals surface area (Å²) in [4.78, 5) is 29.0. The van der Waals surface area contributed by atoms with Gasteiger partial charge in [0.15, 0.2) is 0 Å². The molecule has 0 aliphatic rings. The normalized spacial score (nSPS) is 11.9. The fraction of sp³-hybridized carbons (Fsp3) is 0.259. The molecule has 4 rings (SSSR count). The number of anilines is 1. The first-order valence-electron chi connectivity index (χ1n) is 12.1. The number of benzene rings is 2. The van der Waals surface area contributed by atoms with Gasteiger partial charge in [0, 0.05) is 35.4 Å². The summed E-state index contributed by atoms with van der Waals surface area (Å²) < 4.78 is 37.3. The van der Waals surface area contributed by atoms with E-state index in [1.54, 1.807) is 17.8 Å². The van der Waals surface area contributed by atoms with E-state index in [1.807, 2.05) is 26.1 Å². The summed E-state index contributed by atoms with van der Waals surface area (Å²) in [5.41, 5.74) is -1.97. The minimum Gasteiger partial charge on any atom is -0.456 e. The smallest absolute Gasteiger partial charge is 0.255 e. The van der Waals surface area contributed by atoms with Gasteiger partial charge in [-0.25, -0.2) is 8.78 Å². The van der Waals surface area contributed by atoms with Crippen LogP contribution in [-0.4, -0.2) is 52.9 Å². The highest BCUT2D eigenvalue weighted by molar-refractivity contribution is 6.39. The van der Waals surface area contributed by atoms with Crippen LogP contribution in [0.4, 0.5) is 14.5 Å². The largest absolute Gasteiger partial charge is 0.456 e. The van der Waals surface area contributed by atoms with Gasteiger partial charge in [-0.2, -0.15) is 5.10 Å². The molecule has 0 spiro atoms. The van der Waals surface area contributed by atoms with Gasteiger partial charge in [0.2, 0.25) is 5.91 Å². The van der Waals surface area contributed by atoms with Gasteiger partial charge in [-0.15, -0.1) is 0 Å². The number of carbonyl (C=O) groups excluding carboxylic acids is 2. The van der Waals surface area contributed by atoms with Crippen molar-refractivity contribution >= 4 is 44.1 Å². The first-order valence-corrected chi connectivity index (χ1v) is 12.1. The molecule has 13 heteroatoms. The minimum absolute atomic E-state index is 0.134. The van der Waals surface area contributed by atoms with Crippen molar-refractivity contribution in [3.05, 3.63) is 77.2 Å². The second-order valence-corrected chi connectivity index (χ2v) is 10.3. The van der Waals surface area contributed by atoms with Crippen LogP contribution in [0, 0.1) is 18.6 Å². The number of aromatic nitrogens is 3. The second kappa shape index (κ2) is 10.7. The number of carbonyl (C=O) groups is 2. The molecule has 0 atom stereocenters. The number of pyridine rings is 1. The highest BCUT2D eigenvalue weighted by atomic mass is 19.1. The fourth-order valence-electron chi connectivity index (χ4n) is 3.87. The van der Waals surface area contributed by atoms with Crippen molar-refractivity contribution in [1.82, 2.24) is 20.1 Å². The predicted molar refractivity (Wildman–Crippen MR) is 146 cm³/mol. The second-order valence-electron chi connectivity index (χ2n) is 10.3. The molecule has 4 radical (unpaired) electrons. The number of hydrogen-bond donors (Lipinski definition) is 3. The molecule has 2 amide bonds. The van der Waals surface area contributed by atoms with Gasteiger partial charge in [-0.1, -0.05) is 0 Å². The zero-order chi connectivity index (χ0) is 29.4. The van der Waals surface area contributed by atoms with E-state index in [0.29, 0.717) is 11.3 Å². The van der Waals surface area contributed by atoms with E-state index in [0.717, 1.165) is 18.2 Å². The molecule has 0 fully saturated rings. The van der Waals surface area contributed by atoms with Gasteiger partial charge >= 0.3 is 0 Å². The van der Waals surface area contributed by atoms with Crippen LogP contribution in [0.25, 0.3) is 10.9 Å². The lowest BCUT2D eigenvalue weighted by Crippen LogP contribution is -2.49. The average molecular weight is 543 g/mol. The number of rotatable bonds is 7. The predicted octanol–water partition coefficient (Wildman–Crippen LogP) is 3.42. The molecule has 2 aromatic carbocycles. The lowest BCUT2D eigenvalue weighted by molar-refractivity contribution is -0.115. The minimum atomic E-state index is -2.56. The average Bonchev–Trinajstić information content (AvgIpc) is 3.30. The molecule has 2 aromatic heterocycles. The Balaban J connectivity index is 1.56. The molecule has 0 aliphatic heterocycles. The van der Waals surface area contributed by atoms with Crippen LogP contribution in [-0.2, 0) is 16.8 Å². The number of aryl methyl sites for hydroxylation is 1. The van der Waals surface area contributed by atoms with Gasteiger partial charge in [-0.05, 0) is 57.0 Å². The molecule has 40 heavy (non-hydrogen) atoms. The van der Waals surface area contributed by atoms with Gasteiger partial charge in [0.25, 0.3) is 5.91 Å². The number of amides is 2. The Morgan fingerprint density at radius 1 is 1.10 bits per heavy atom. The third-order valence-corrected chi connectivity index (χ3v) is 5.82. The lowest BCUT2D eigenvalue weighted by Gasteiger charge is -2.21. The Kier molecular flexibility index (Phi) is 7.71. The van der Waals surface area contributed by atoms with Gasteiger partial charge in [-0.3, -0.25) is 19.3 Å². The number of halogens is 2. The number of nitrogens with one attached hydrogen (secondary N) is 2. The van der Waals surface area contributed by atoms with Crippen LogP contribution >= 0.6 is 0 Å². The maximum absolute atomic E-state index is 15.0. The Morgan fingerprint density at radius 2 is 1.82 bits per heavy atom. The van der Waals surface area contributed by atoms with E-state index >= 15 is 4.39 Å². The fourth-order valence-corrected chi connectivity index (χ4v) is 3.87. The first-order chi connectivity index (χ1) is 18.6. The molecule has 202 valence electrons. The van der Waals surface area contributed by atoms with E-state index in [4.69, 9.17) is 20.4 Å². The molecule has 0 saturated carbocycles. The van der Waals surface area contributed by atoms with Crippen molar-refractivity contribution < 1.29 is 28.2 Å². The summed E-state index contributed by atoms with van der Waals surface area (Å²) >= 11 is 0. The van der Waals surface area contributed by atoms with Crippen molar-refractivity contribution in [2.75, 3.05) is 5.32 Å². The van der Waals surface area contributed by atoms with E-state index < -0.39 is 34.5 Å². The summed E-state index contributed by atoms with van der Waals surface area (Å²) in [5.74, 6) is -2.81. The summed E-state index contributed by atoms with van der Waals surface area (Å²) in [7, 11) is 10.3. The van der Waals surface area contributed by atoms with Crippen LogP contribution in [0.15, 0.2) is 48.9 Å². The standard InChI is InChI=1S/C27H25B2F2N5O4/c1-14-7-15(8-24(37)34-16-12-33-36(13-16)26(2,3)4)19(30)11-23(14)40-22-5-6-32-21-10-20(31)17(9-18(21)22)25(38)35-27(28,29)39/h5-7,9-13,39H,8H2,1-4H3,(H,34,37)(H,35,38). The van der Waals surface area contributed by atoms with Crippen LogP contribution in [0.5, 0.6) is 11.5 Å². The third kappa shape index (κ3) is 6.66. The topological polar surface area (TPSA) is 118 Å². The third-order valence-electron chi connectivity index (χ3n) is 5.82. The molecule has 0 unspecified atom stereocenters. The van der Waals surface area contributed by atoms with E-state index in [2.05, 4.69) is 15.4 Å². The van der Waals surface area contributed by atoms with E-state index in [1.165, 1.54) is 24.5 Å². The van der Waals surface area contributed by atoms with Crippen molar-refractivity contribution in [2.24, 2.45) is 0 Å².